The quantitative estimate of drug-likeness (QED) is 0.791. The Kier molecular flexibility index (Phi) is 5.02. The number of para-hydroxylation sites is 2. The fraction of sp³-hybridized carbons (Fsp3) is 0.381. The van der Waals surface area contributed by atoms with E-state index in [4.69, 9.17) is 14.7 Å². The van der Waals surface area contributed by atoms with Crippen LogP contribution in [0.25, 0.3) is 0 Å². The van der Waals surface area contributed by atoms with Crippen LogP contribution >= 0.6 is 0 Å². The van der Waals surface area contributed by atoms with Crippen LogP contribution in [0.1, 0.15) is 5.56 Å². The van der Waals surface area contributed by atoms with Crippen molar-refractivity contribution in [1.29, 1.82) is 5.26 Å². The first-order valence-electron chi connectivity index (χ1n) is 9.32. The Morgan fingerprint density at radius 2 is 1.86 bits per heavy atom. The second-order valence-electron chi connectivity index (χ2n) is 7.18. The molecule has 2 aliphatic heterocycles. The summed E-state index contributed by atoms with van der Waals surface area (Å²) in [6.45, 7) is 3.25. The fourth-order valence-electron chi connectivity index (χ4n) is 3.99. The number of rotatable bonds is 5. The van der Waals surface area contributed by atoms with Crippen molar-refractivity contribution in [3.8, 4) is 17.6 Å². The van der Waals surface area contributed by atoms with Crippen molar-refractivity contribution in [3.63, 3.8) is 0 Å². The molecule has 0 saturated carbocycles. The first kappa shape index (κ1) is 18.1. The first-order chi connectivity index (χ1) is 13.7. The molecule has 2 saturated heterocycles. The molecule has 3 heterocycles. The molecule has 0 aliphatic carbocycles. The Balaban J connectivity index is 1.31. The number of benzene rings is 1. The van der Waals surface area contributed by atoms with Crippen molar-refractivity contribution in [2.45, 2.75) is 0 Å². The maximum Gasteiger partial charge on any atom is 0.260 e. The summed E-state index contributed by atoms with van der Waals surface area (Å²) in [6.07, 6.45) is 1.61. The highest BCUT2D eigenvalue weighted by Gasteiger charge is 2.42. The highest BCUT2D eigenvalue weighted by Crippen LogP contribution is 2.33. The van der Waals surface area contributed by atoms with Gasteiger partial charge in [0.25, 0.3) is 5.91 Å². The molecule has 2 atom stereocenters. The number of amides is 1. The number of hydrogen-bond acceptors (Lipinski definition) is 6. The highest BCUT2D eigenvalue weighted by atomic mass is 16.5. The number of anilines is 1. The Bertz CT molecular complexity index is 879. The second-order valence-corrected chi connectivity index (χ2v) is 7.18. The second kappa shape index (κ2) is 7.77. The molecule has 2 fully saturated rings. The van der Waals surface area contributed by atoms with Gasteiger partial charge >= 0.3 is 0 Å². The number of fused-ring (bicyclic) bond motifs is 1. The average molecular weight is 378 g/mol. The molecule has 0 bridgehead atoms. The maximum absolute atomic E-state index is 12.6. The maximum atomic E-state index is 12.6. The molecule has 28 heavy (non-hydrogen) atoms. The number of carbonyl (C=O) groups excluding carboxylic acids is 1. The molecule has 1 amide bonds. The van der Waals surface area contributed by atoms with Gasteiger partial charge in [-0.2, -0.15) is 5.26 Å². The lowest BCUT2D eigenvalue weighted by molar-refractivity contribution is -0.132. The van der Waals surface area contributed by atoms with Crippen molar-refractivity contribution in [2.75, 3.05) is 44.8 Å². The topological polar surface area (TPSA) is 78.7 Å². The van der Waals surface area contributed by atoms with Crippen LogP contribution < -0.4 is 14.4 Å². The van der Waals surface area contributed by atoms with E-state index in [-0.39, 0.29) is 12.5 Å². The number of likely N-dealkylation sites (tertiary alicyclic amines) is 1. The van der Waals surface area contributed by atoms with Gasteiger partial charge in [0, 0.05) is 44.2 Å². The molecular formula is C21H22N4O3. The largest absolute Gasteiger partial charge is 0.493 e. The lowest BCUT2D eigenvalue weighted by atomic mass is 10.0. The lowest BCUT2D eigenvalue weighted by Gasteiger charge is -2.22. The van der Waals surface area contributed by atoms with E-state index in [1.807, 2.05) is 29.2 Å². The zero-order valence-corrected chi connectivity index (χ0v) is 15.7. The summed E-state index contributed by atoms with van der Waals surface area (Å²) < 4.78 is 10.9. The van der Waals surface area contributed by atoms with E-state index >= 15 is 0 Å². The van der Waals surface area contributed by atoms with E-state index in [0.29, 0.717) is 28.9 Å². The summed E-state index contributed by atoms with van der Waals surface area (Å²) >= 11 is 0. The molecule has 1 aromatic carbocycles. The van der Waals surface area contributed by atoms with Crippen LogP contribution in [-0.4, -0.2) is 55.7 Å². The predicted octanol–water partition coefficient (Wildman–Crippen LogP) is 1.94. The summed E-state index contributed by atoms with van der Waals surface area (Å²) in [6, 6.07) is 13.1. The first-order valence-corrected chi connectivity index (χ1v) is 9.32. The van der Waals surface area contributed by atoms with E-state index in [1.165, 1.54) is 0 Å². The molecular weight excluding hydrogens is 356 g/mol. The molecule has 0 spiro atoms. The van der Waals surface area contributed by atoms with Gasteiger partial charge in [0.15, 0.2) is 18.1 Å². The zero-order valence-electron chi connectivity index (χ0n) is 15.7. The van der Waals surface area contributed by atoms with Gasteiger partial charge in [0.1, 0.15) is 11.9 Å². The number of hydrogen-bond donors (Lipinski definition) is 0. The fourth-order valence-corrected chi connectivity index (χ4v) is 3.99. The van der Waals surface area contributed by atoms with Crippen LogP contribution in [0, 0.1) is 23.2 Å². The van der Waals surface area contributed by atoms with Crippen LogP contribution in [0.4, 0.5) is 5.82 Å². The lowest BCUT2D eigenvalue weighted by Crippen LogP contribution is -2.36. The number of pyridine rings is 1. The van der Waals surface area contributed by atoms with E-state index in [1.54, 1.807) is 25.4 Å². The average Bonchev–Trinajstić information content (AvgIpc) is 3.32. The van der Waals surface area contributed by atoms with Crippen LogP contribution in [0.15, 0.2) is 42.6 Å². The Morgan fingerprint density at radius 3 is 2.46 bits per heavy atom. The molecule has 7 heteroatoms. The minimum Gasteiger partial charge on any atom is -0.493 e. The highest BCUT2D eigenvalue weighted by molar-refractivity contribution is 5.78. The molecule has 1 aromatic heterocycles. The molecule has 2 unspecified atom stereocenters. The monoisotopic (exact) mass is 378 g/mol. The van der Waals surface area contributed by atoms with Crippen LogP contribution in [0.5, 0.6) is 11.5 Å². The zero-order chi connectivity index (χ0) is 19.5. The van der Waals surface area contributed by atoms with Gasteiger partial charge in [-0.15, -0.1) is 0 Å². The van der Waals surface area contributed by atoms with E-state index in [0.717, 1.165) is 32.0 Å². The number of aromatic nitrogens is 1. The molecule has 2 aliphatic rings. The third-order valence-corrected chi connectivity index (χ3v) is 5.46. The van der Waals surface area contributed by atoms with Crippen molar-refractivity contribution in [1.82, 2.24) is 9.88 Å². The summed E-state index contributed by atoms with van der Waals surface area (Å²) in [5.41, 5.74) is 0.565. The summed E-state index contributed by atoms with van der Waals surface area (Å²) in [5.74, 6) is 2.98. The van der Waals surface area contributed by atoms with E-state index < -0.39 is 0 Å². The third-order valence-electron chi connectivity index (χ3n) is 5.46. The Morgan fingerprint density at radius 1 is 1.14 bits per heavy atom. The normalized spacial score (nSPS) is 20.6. The summed E-state index contributed by atoms with van der Waals surface area (Å²) in [5, 5.41) is 8.89. The van der Waals surface area contributed by atoms with Crippen molar-refractivity contribution in [2.24, 2.45) is 11.8 Å². The standard InChI is InChI=1S/C21H22N4O3/c1-27-18-4-2-3-5-19(18)28-14-21(26)25-12-16-10-24(11-17(16)13-25)20-7-6-15(8-22)9-23-20/h2-7,9,16-17H,10-14H2,1H3. The number of nitrogens with zero attached hydrogens (tertiary/aromatic N) is 4. The molecule has 2 aromatic rings. The SMILES string of the molecule is COc1ccccc1OCC(=O)N1CC2CN(c3ccc(C#N)cn3)CC2C1. The van der Waals surface area contributed by atoms with Crippen molar-refractivity contribution in [3.05, 3.63) is 48.2 Å². The Hall–Kier alpha value is -3.27. The number of nitriles is 1. The molecule has 4 rings (SSSR count). The number of methoxy groups -OCH3 is 1. The smallest absolute Gasteiger partial charge is 0.260 e. The van der Waals surface area contributed by atoms with Gasteiger partial charge in [-0.3, -0.25) is 4.79 Å². The molecule has 144 valence electrons. The van der Waals surface area contributed by atoms with E-state index in [2.05, 4.69) is 16.0 Å². The van der Waals surface area contributed by atoms with Crippen molar-refractivity contribution >= 4 is 11.7 Å². The van der Waals surface area contributed by atoms with Crippen LogP contribution in [0.3, 0.4) is 0 Å². The number of ether oxygens (including phenoxy) is 2. The summed E-state index contributed by atoms with van der Waals surface area (Å²) in [7, 11) is 1.58. The van der Waals surface area contributed by atoms with Gasteiger partial charge in [-0.05, 0) is 24.3 Å². The van der Waals surface area contributed by atoms with Crippen LogP contribution in [-0.2, 0) is 4.79 Å². The molecule has 0 N–H and O–H groups in total. The van der Waals surface area contributed by atoms with Crippen molar-refractivity contribution < 1.29 is 14.3 Å². The Labute approximate surface area is 164 Å². The summed E-state index contributed by atoms with van der Waals surface area (Å²) in [4.78, 5) is 21.1. The molecule has 7 nitrogen and oxygen atoms in total. The predicted molar refractivity (Wildman–Crippen MR) is 103 cm³/mol. The van der Waals surface area contributed by atoms with Gasteiger partial charge in [0.05, 0.1) is 12.7 Å². The van der Waals surface area contributed by atoms with Gasteiger partial charge in [-0.25, -0.2) is 4.98 Å². The minimum atomic E-state index is 0.00311. The van der Waals surface area contributed by atoms with Crippen LogP contribution in [0.2, 0.25) is 0 Å². The van der Waals surface area contributed by atoms with Gasteiger partial charge < -0.3 is 19.3 Å². The van der Waals surface area contributed by atoms with E-state index in [9.17, 15) is 4.79 Å². The minimum absolute atomic E-state index is 0.00311. The van der Waals surface area contributed by atoms with Gasteiger partial charge in [0.2, 0.25) is 0 Å². The molecule has 0 radical (unpaired) electrons. The number of carbonyl (C=O) groups is 1. The van der Waals surface area contributed by atoms with Gasteiger partial charge in [-0.1, -0.05) is 12.1 Å². The third kappa shape index (κ3) is 3.58.